The van der Waals surface area contributed by atoms with Gasteiger partial charge >= 0.3 is 0 Å². The van der Waals surface area contributed by atoms with Crippen molar-refractivity contribution in [3.8, 4) is 11.5 Å². The van der Waals surface area contributed by atoms with Crippen molar-refractivity contribution in [2.24, 2.45) is 5.73 Å². The summed E-state index contributed by atoms with van der Waals surface area (Å²) in [4.78, 5) is 20.4. The second-order valence-corrected chi connectivity index (χ2v) is 7.16. The smallest absolute Gasteiger partial charge is 0.261 e. The van der Waals surface area contributed by atoms with E-state index in [1.165, 1.54) is 19.0 Å². The number of aromatic nitrogens is 2. The third-order valence-electron chi connectivity index (χ3n) is 4.51. The van der Waals surface area contributed by atoms with Crippen molar-refractivity contribution >= 4 is 28.3 Å². The summed E-state index contributed by atoms with van der Waals surface area (Å²) in [5.41, 5.74) is 8.16. The van der Waals surface area contributed by atoms with Gasteiger partial charge in [-0.3, -0.25) is 4.79 Å². The van der Waals surface area contributed by atoms with Gasteiger partial charge in [0.25, 0.3) is 5.91 Å². The molecule has 0 spiro atoms. The fourth-order valence-corrected chi connectivity index (χ4v) is 2.81. The summed E-state index contributed by atoms with van der Waals surface area (Å²) < 4.78 is 11.3. The van der Waals surface area contributed by atoms with E-state index in [9.17, 15) is 4.79 Å². The highest BCUT2D eigenvalue weighted by Crippen LogP contribution is 2.36. The van der Waals surface area contributed by atoms with Crippen molar-refractivity contribution in [1.82, 2.24) is 9.97 Å². The summed E-state index contributed by atoms with van der Waals surface area (Å²) in [5.74, 6) is 0.893. The van der Waals surface area contributed by atoms with Crippen LogP contribution in [0.25, 0.3) is 10.9 Å². The molecule has 1 heterocycles. The lowest BCUT2D eigenvalue weighted by Gasteiger charge is -2.24. The number of nitrogens with two attached hydrogens (primary N) is 1. The predicted molar refractivity (Wildman–Crippen MR) is 109 cm³/mol. The number of ether oxygens (including phenoxy) is 2. The molecular formula is C21H24N4O3. The molecule has 2 aromatic carbocycles. The Labute approximate surface area is 163 Å². The maximum atomic E-state index is 11.7. The summed E-state index contributed by atoms with van der Waals surface area (Å²) in [5, 5.41) is 4.09. The molecule has 0 unspecified atom stereocenters. The van der Waals surface area contributed by atoms with Gasteiger partial charge in [-0.05, 0) is 45.4 Å². The second kappa shape index (κ2) is 7.34. The van der Waals surface area contributed by atoms with Crippen molar-refractivity contribution in [3.63, 3.8) is 0 Å². The van der Waals surface area contributed by atoms with Gasteiger partial charge in [0.1, 0.15) is 12.1 Å². The Hall–Kier alpha value is -3.35. The number of amides is 1. The minimum atomic E-state index is -1.20. The molecule has 146 valence electrons. The van der Waals surface area contributed by atoms with E-state index in [0.29, 0.717) is 22.8 Å². The highest BCUT2D eigenvalue weighted by Gasteiger charge is 2.29. The Morgan fingerprint density at radius 1 is 1.11 bits per heavy atom. The molecule has 0 saturated heterocycles. The number of methoxy groups -OCH3 is 1. The van der Waals surface area contributed by atoms with E-state index in [1.807, 2.05) is 26.0 Å². The number of benzene rings is 2. The molecule has 3 N–H and O–H groups in total. The van der Waals surface area contributed by atoms with Gasteiger partial charge in [-0.15, -0.1) is 0 Å². The maximum Gasteiger partial charge on any atom is 0.261 e. The van der Waals surface area contributed by atoms with Crippen LogP contribution in [-0.4, -0.2) is 28.6 Å². The molecule has 0 aliphatic rings. The van der Waals surface area contributed by atoms with Gasteiger partial charge in [0.05, 0.1) is 12.6 Å². The summed E-state index contributed by atoms with van der Waals surface area (Å²) in [6.45, 7) is 7.30. The average molecular weight is 380 g/mol. The van der Waals surface area contributed by atoms with Crippen LogP contribution in [-0.2, 0) is 4.79 Å². The van der Waals surface area contributed by atoms with E-state index >= 15 is 0 Å². The Kier molecular flexibility index (Phi) is 5.09. The molecule has 0 bridgehead atoms. The van der Waals surface area contributed by atoms with Crippen molar-refractivity contribution in [2.45, 2.75) is 33.3 Å². The Balaban J connectivity index is 2.09. The number of nitrogens with zero attached hydrogens (tertiary/aromatic N) is 2. The lowest BCUT2D eigenvalue weighted by molar-refractivity contribution is -0.130. The first-order valence-corrected chi connectivity index (χ1v) is 8.87. The van der Waals surface area contributed by atoms with E-state index in [-0.39, 0.29) is 0 Å². The molecule has 7 heteroatoms. The molecule has 0 aliphatic heterocycles. The van der Waals surface area contributed by atoms with E-state index in [4.69, 9.17) is 15.2 Å². The fourth-order valence-electron chi connectivity index (χ4n) is 2.81. The molecule has 1 amide bonds. The van der Waals surface area contributed by atoms with E-state index in [2.05, 4.69) is 21.4 Å². The summed E-state index contributed by atoms with van der Waals surface area (Å²) >= 11 is 0. The molecule has 28 heavy (non-hydrogen) atoms. The molecule has 0 fully saturated rings. The van der Waals surface area contributed by atoms with Crippen LogP contribution in [0, 0.1) is 13.8 Å². The number of primary amides is 1. The number of carbonyl (C=O) groups excluding carboxylic acids is 1. The highest BCUT2D eigenvalue weighted by molar-refractivity contribution is 5.93. The second-order valence-electron chi connectivity index (χ2n) is 7.16. The van der Waals surface area contributed by atoms with Crippen LogP contribution in [0.4, 0.5) is 11.5 Å². The zero-order valence-electron chi connectivity index (χ0n) is 16.7. The van der Waals surface area contributed by atoms with Crippen LogP contribution >= 0.6 is 0 Å². The number of aryl methyl sites for hydroxylation is 2. The molecular weight excluding hydrogens is 356 g/mol. The van der Waals surface area contributed by atoms with E-state index in [1.54, 1.807) is 26.0 Å². The lowest BCUT2D eigenvalue weighted by Crippen LogP contribution is -2.43. The fraction of sp³-hybridized carbons (Fsp3) is 0.286. The largest absolute Gasteiger partial charge is 0.493 e. The first-order chi connectivity index (χ1) is 13.2. The van der Waals surface area contributed by atoms with Crippen LogP contribution in [0.3, 0.4) is 0 Å². The standard InChI is InChI=1S/C21H24N4O3/c1-12-6-7-15(13(2)8-12)25-19-14-9-18(28-21(3,4)20(22)26)17(27-5)10-16(14)23-11-24-19/h6-11H,1-5H3,(H2,22,26)(H,23,24,25). The highest BCUT2D eigenvalue weighted by atomic mass is 16.5. The normalized spacial score (nSPS) is 11.3. The molecule has 0 saturated carbocycles. The van der Waals surface area contributed by atoms with Gasteiger partial charge in [0.15, 0.2) is 17.1 Å². The first-order valence-electron chi connectivity index (χ1n) is 8.87. The van der Waals surface area contributed by atoms with Crippen LogP contribution in [0.5, 0.6) is 11.5 Å². The molecule has 1 aromatic heterocycles. The molecule has 3 aromatic rings. The average Bonchev–Trinajstić information content (AvgIpc) is 2.63. The lowest BCUT2D eigenvalue weighted by atomic mass is 10.1. The number of fused-ring (bicyclic) bond motifs is 1. The van der Waals surface area contributed by atoms with Crippen LogP contribution in [0.2, 0.25) is 0 Å². The number of anilines is 2. The van der Waals surface area contributed by atoms with Gasteiger partial charge in [-0.25, -0.2) is 9.97 Å². The number of nitrogens with one attached hydrogen (secondary N) is 1. The monoisotopic (exact) mass is 380 g/mol. The van der Waals surface area contributed by atoms with Crippen molar-refractivity contribution in [2.75, 3.05) is 12.4 Å². The van der Waals surface area contributed by atoms with E-state index in [0.717, 1.165) is 16.6 Å². The minimum absolute atomic E-state index is 0.386. The summed E-state index contributed by atoms with van der Waals surface area (Å²) in [6.07, 6.45) is 1.49. The third kappa shape index (κ3) is 3.83. The summed E-state index contributed by atoms with van der Waals surface area (Å²) in [7, 11) is 1.53. The van der Waals surface area contributed by atoms with Crippen LogP contribution in [0.15, 0.2) is 36.7 Å². The number of hydrogen-bond acceptors (Lipinski definition) is 6. The molecule has 0 atom stereocenters. The van der Waals surface area contributed by atoms with Crippen LogP contribution < -0.4 is 20.5 Å². The first kappa shape index (κ1) is 19.4. The number of rotatable bonds is 6. The number of hydrogen-bond donors (Lipinski definition) is 2. The quantitative estimate of drug-likeness (QED) is 0.677. The van der Waals surface area contributed by atoms with Crippen molar-refractivity contribution in [3.05, 3.63) is 47.8 Å². The minimum Gasteiger partial charge on any atom is -0.493 e. The SMILES string of the molecule is COc1cc2ncnc(Nc3ccc(C)cc3C)c2cc1OC(C)(C)C(N)=O. The Bertz CT molecular complexity index is 1050. The predicted octanol–water partition coefficient (Wildman–Crippen LogP) is 3.64. The Morgan fingerprint density at radius 3 is 2.50 bits per heavy atom. The maximum absolute atomic E-state index is 11.7. The molecule has 7 nitrogen and oxygen atoms in total. The van der Waals surface area contributed by atoms with Gasteiger partial charge in [0, 0.05) is 17.1 Å². The van der Waals surface area contributed by atoms with Gasteiger partial charge in [-0.2, -0.15) is 0 Å². The Morgan fingerprint density at radius 2 is 1.86 bits per heavy atom. The van der Waals surface area contributed by atoms with Crippen LogP contribution in [0.1, 0.15) is 25.0 Å². The van der Waals surface area contributed by atoms with Gasteiger partial charge in [-0.1, -0.05) is 17.7 Å². The van der Waals surface area contributed by atoms with Crippen molar-refractivity contribution in [1.29, 1.82) is 0 Å². The molecule has 0 radical (unpaired) electrons. The topological polar surface area (TPSA) is 99.4 Å². The third-order valence-corrected chi connectivity index (χ3v) is 4.51. The van der Waals surface area contributed by atoms with E-state index < -0.39 is 11.5 Å². The summed E-state index contributed by atoms with van der Waals surface area (Å²) in [6, 6.07) is 9.64. The number of carbonyl (C=O) groups is 1. The van der Waals surface area contributed by atoms with Gasteiger partial charge in [0.2, 0.25) is 0 Å². The van der Waals surface area contributed by atoms with Gasteiger partial charge < -0.3 is 20.5 Å². The zero-order valence-corrected chi connectivity index (χ0v) is 16.7. The van der Waals surface area contributed by atoms with Crippen molar-refractivity contribution < 1.29 is 14.3 Å². The zero-order chi connectivity index (χ0) is 20.5. The molecule has 0 aliphatic carbocycles. The molecule has 3 rings (SSSR count).